The average molecular weight is 743 g/mol. The zero-order valence-corrected chi connectivity index (χ0v) is 29.3. The molecule has 0 spiro atoms. The van der Waals surface area contributed by atoms with E-state index in [-0.39, 0.29) is 39.2 Å². The number of carbonyl (C=O) groups is 2. The Hall–Kier alpha value is -4.65. The predicted molar refractivity (Wildman–Crippen MR) is 186 cm³/mol. The highest BCUT2D eigenvalue weighted by Gasteiger charge is 2.38. The van der Waals surface area contributed by atoms with Crippen molar-refractivity contribution in [3.63, 3.8) is 0 Å². The first-order valence-electron chi connectivity index (χ1n) is 16.3. The van der Waals surface area contributed by atoms with Gasteiger partial charge in [-0.3, -0.25) is 9.80 Å². The SMILES string of the molecule is COc1ccc([C@H](Cc2c(Cl)c[n+]([O-])cc2Cl)c2c(CN(C(=O)O[C@H]3CN4CCC3CC4)c3cc(F)ccc3F)cccc2C(=O)O)cc1OC. The highest BCUT2D eigenvalue weighted by Crippen LogP contribution is 2.41. The van der Waals surface area contributed by atoms with E-state index in [4.69, 9.17) is 37.4 Å². The normalized spacial score (nSPS) is 18.6. The lowest BCUT2D eigenvalue weighted by atomic mass is 9.80. The van der Waals surface area contributed by atoms with Gasteiger partial charge in [-0.2, -0.15) is 4.73 Å². The van der Waals surface area contributed by atoms with Gasteiger partial charge in [0.15, 0.2) is 23.9 Å². The van der Waals surface area contributed by atoms with E-state index in [9.17, 15) is 24.3 Å². The first kappa shape index (κ1) is 36.2. The third-order valence-electron chi connectivity index (χ3n) is 9.65. The van der Waals surface area contributed by atoms with Crippen molar-refractivity contribution in [3.8, 4) is 11.5 Å². The second kappa shape index (κ2) is 15.3. The second-order valence-electron chi connectivity index (χ2n) is 12.6. The third kappa shape index (κ3) is 7.68. The van der Waals surface area contributed by atoms with Crippen molar-refractivity contribution in [2.45, 2.75) is 37.8 Å². The fourth-order valence-corrected chi connectivity index (χ4v) is 7.68. The first-order chi connectivity index (χ1) is 24.5. The van der Waals surface area contributed by atoms with Crippen LogP contribution in [0, 0.1) is 22.8 Å². The van der Waals surface area contributed by atoms with Crippen LogP contribution in [0.3, 0.4) is 0 Å². The Balaban J connectivity index is 1.51. The lowest BCUT2D eigenvalue weighted by molar-refractivity contribution is -0.605. The number of benzene rings is 3. The van der Waals surface area contributed by atoms with Crippen LogP contribution in [0.1, 0.15) is 51.4 Å². The Bertz CT molecular complexity index is 1930. The third-order valence-corrected chi connectivity index (χ3v) is 10.3. The summed E-state index contributed by atoms with van der Waals surface area (Å²) in [5, 5.41) is 22.8. The Morgan fingerprint density at radius 3 is 2.35 bits per heavy atom. The maximum absolute atomic E-state index is 15.5. The number of fused-ring (bicyclic) bond motifs is 3. The maximum Gasteiger partial charge on any atom is 0.415 e. The number of rotatable bonds is 11. The molecule has 3 fully saturated rings. The molecule has 3 aliphatic rings. The molecule has 1 aromatic heterocycles. The summed E-state index contributed by atoms with van der Waals surface area (Å²) >= 11 is 13.1. The summed E-state index contributed by atoms with van der Waals surface area (Å²) in [7, 11) is 2.93. The van der Waals surface area contributed by atoms with E-state index < -0.39 is 42.3 Å². The van der Waals surface area contributed by atoms with Gasteiger partial charge in [-0.05, 0) is 85.3 Å². The van der Waals surface area contributed by atoms with Crippen molar-refractivity contribution in [3.05, 3.63) is 122 Å². The summed E-state index contributed by atoms with van der Waals surface area (Å²) in [6.45, 7) is 1.93. The molecule has 1 amide bonds. The van der Waals surface area contributed by atoms with Gasteiger partial charge in [-0.1, -0.05) is 41.4 Å². The van der Waals surface area contributed by atoms with Gasteiger partial charge < -0.3 is 24.5 Å². The molecule has 0 aliphatic carbocycles. The standard InChI is InChI=1S/C37H35Cl2F2N3O7/c1-49-32-9-6-22(14-33(32)50-2)26(16-27-28(38)18-43(48)19-29(27)39)35-23(4-3-5-25(35)36(45)46)17-44(31-15-24(40)7-8-30(31)41)37(47)51-34-20-42-12-10-21(34)11-13-42/h3-9,14-15,18-19,21,26,34H,10-13,16-17,20H2,1-2H3,(H,45,46)/t26-,34-/m0/s1. The zero-order valence-electron chi connectivity index (χ0n) is 27.8. The summed E-state index contributed by atoms with van der Waals surface area (Å²) in [6, 6.07) is 12.4. The van der Waals surface area contributed by atoms with Crippen LogP contribution >= 0.6 is 23.2 Å². The molecule has 51 heavy (non-hydrogen) atoms. The van der Waals surface area contributed by atoms with Crippen LogP contribution < -0.4 is 19.1 Å². The summed E-state index contributed by atoms with van der Waals surface area (Å²) in [6.07, 6.45) is 2.61. The number of hydrogen-bond acceptors (Lipinski definition) is 7. The fourth-order valence-electron chi connectivity index (χ4n) is 7.08. The highest BCUT2D eigenvalue weighted by molar-refractivity contribution is 6.35. The van der Waals surface area contributed by atoms with Crippen LogP contribution in [0.5, 0.6) is 11.5 Å². The van der Waals surface area contributed by atoms with E-state index in [1.807, 2.05) is 0 Å². The molecule has 0 unspecified atom stereocenters. The number of methoxy groups -OCH3 is 2. The average Bonchev–Trinajstić information content (AvgIpc) is 3.11. The van der Waals surface area contributed by atoms with Crippen molar-refractivity contribution in [2.75, 3.05) is 38.8 Å². The minimum Gasteiger partial charge on any atom is -0.619 e. The summed E-state index contributed by atoms with van der Waals surface area (Å²) in [4.78, 5) is 30.2. The Kier molecular flexibility index (Phi) is 10.8. The van der Waals surface area contributed by atoms with Crippen molar-refractivity contribution in [1.82, 2.24) is 4.90 Å². The number of amides is 1. The Labute approximate surface area is 303 Å². The minimum atomic E-state index is -1.28. The van der Waals surface area contributed by atoms with Gasteiger partial charge in [0.25, 0.3) is 0 Å². The van der Waals surface area contributed by atoms with Crippen molar-refractivity contribution in [2.24, 2.45) is 5.92 Å². The quantitative estimate of drug-likeness (QED) is 0.127. The van der Waals surface area contributed by atoms with E-state index in [1.165, 1.54) is 26.4 Å². The number of carboxylic acids is 1. The van der Waals surface area contributed by atoms with Crippen LogP contribution in [0.4, 0.5) is 19.3 Å². The number of nitrogens with zero attached hydrogens (tertiary/aromatic N) is 3. The van der Waals surface area contributed by atoms with Gasteiger partial charge >= 0.3 is 12.1 Å². The molecule has 2 atom stereocenters. The van der Waals surface area contributed by atoms with Crippen LogP contribution in [-0.4, -0.2) is 62.0 Å². The number of aromatic carboxylic acids is 1. The molecule has 3 aliphatic heterocycles. The van der Waals surface area contributed by atoms with Crippen molar-refractivity contribution < 1.29 is 42.4 Å². The zero-order chi connectivity index (χ0) is 36.4. The Morgan fingerprint density at radius 2 is 1.73 bits per heavy atom. The number of carbonyl (C=O) groups excluding carboxylic acids is 1. The lowest BCUT2D eigenvalue weighted by Gasteiger charge is -2.44. The van der Waals surface area contributed by atoms with Gasteiger partial charge in [0.05, 0.1) is 32.0 Å². The Morgan fingerprint density at radius 1 is 1.02 bits per heavy atom. The van der Waals surface area contributed by atoms with Gasteiger partial charge in [-0.15, -0.1) is 0 Å². The summed E-state index contributed by atoms with van der Waals surface area (Å²) in [5.74, 6) is -2.88. The number of anilines is 1. The minimum absolute atomic E-state index is 0.0103. The van der Waals surface area contributed by atoms with Gasteiger partial charge in [0.2, 0.25) is 0 Å². The molecule has 2 bridgehead atoms. The number of pyridine rings is 1. The van der Waals surface area contributed by atoms with Crippen LogP contribution in [0.2, 0.25) is 10.0 Å². The van der Waals surface area contributed by atoms with E-state index in [0.29, 0.717) is 39.5 Å². The molecule has 0 radical (unpaired) electrons. The molecule has 4 heterocycles. The van der Waals surface area contributed by atoms with Gasteiger partial charge in [0.1, 0.15) is 27.8 Å². The molecule has 14 heteroatoms. The fraction of sp³-hybridized carbons (Fsp3) is 0.324. The number of piperidine rings is 3. The van der Waals surface area contributed by atoms with E-state index in [2.05, 4.69) is 4.90 Å². The molecule has 4 aromatic rings. The van der Waals surface area contributed by atoms with Crippen molar-refractivity contribution >= 4 is 41.0 Å². The van der Waals surface area contributed by atoms with Crippen LogP contribution in [-0.2, 0) is 17.7 Å². The topological polar surface area (TPSA) is 115 Å². The molecular weight excluding hydrogens is 707 g/mol. The lowest BCUT2D eigenvalue weighted by Crippen LogP contribution is -2.53. The van der Waals surface area contributed by atoms with E-state index in [1.54, 1.807) is 24.3 Å². The number of halogens is 4. The van der Waals surface area contributed by atoms with E-state index in [0.717, 1.165) is 61.4 Å². The van der Waals surface area contributed by atoms with Gasteiger partial charge in [0, 0.05) is 24.1 Å². The second-order valence-corrected chi connectivity index (χ2v) is 13.4. The van der Waals surface area contributed by atoms with Crippen molar-refractivity contribution in [1.29, 1.82) is 0 Å². The number of ether oxygens (including phenoxy) is 3. The van der Waals surface area contributed by atoms with Gasteiger partial charge in [-0.25, -0.2) is 18.4 Å². The number of carboxylic acid groups (broad SMARTS) is 1. The molecule has 3 saturated heterocycles. The molecule has 1 N–H and O–H groups in total. The predicted octanol–water partition coefficient (Wildman–Crippen LogP) is 7.23. The molecule has 10 nitrogen and oxygen atoms in total. The highest BCUT2D eigenvalue weighted by atomic mass is 35.5. The molecule has 7 rings (SSSR count). The number of hydrogen-bond donors (Lipinski definition) is 1. The largest absolute Gasteiger partial charge is 0.619 e. The molecular formula is C37H35Cl2F2N3O7. The summed E-state index contributed by atoms with van der Waals surface area (Å²) < 4.78 is 47.6. The maximum atomic E-state index is 15.5. The molecule has 3 aromatic carbocycles. The summed E-state index contributed by atoms with van der Waals surface area (Å²) in [5.41, 5.74) is 0.939. The molecule has 268 valence electrons. The van der Waals surface area contributed by atoms with Crippen LogP contribution in [0.25, 0.3) is 0 Å². The first-order valence-corrected chi connectivity index (χ1v) is 17.0. The van der Waals surface area contributed by atoms with E-state index >= 15 is 4.39 Å². The smallest absolute Gasteiger partial charge is 0.415 e. The number of aromatic nitrogens is 1. The molecule has 0 saturated carbocycles. The monoisotopic (exact) mass is 741 g/mol. The van der Waals surface area contributed by atoms with Crippen LogP contribution in [0.15, 0.2) is 67.0 Å².